The highest BCUT2D eigenvalue weighted by molar-refractivity contribution is 4.63. The molecule has 0 saturated carbocycles. The topological polar surface area (TPSA) is 44.3 Å². The summed E-state index contributed by atoms with van der Waals surface area (Å²) in [4.78, 5) is 0. The third-order valence-corrected chi connectivity index (χ3v) is 3.17. The molecule has 0 fully saturated rings. The minimum absolute atomic E-state index is 0.248. The van der Waals surface area contributed by atoms with E-state index in [1.165, 1.54) is 51.4 Å². The molecule has 3 heteroatoms. The third-order valence-electron chi connectivity index (χ3n) is 3.17. The average molecular weight is 258 g/mol. The van der Waals surface area contributed by atoms with E-state index in [1.807, 2.05) is 0 Å². The lowest BCUT2D eigenvalue weighted by Gasteiger charge is -2.12. The molecular formula is C15H34N2O. The van der Waals surface area contributed by atoms with Crippen LogP contribution in [0, 0.1) is 0 Å². The van der Waals surface area contributed by atoms with Gasteiger partial charge in [-0.3, -0.25) is 0 Å². The first kappa shape index (κ1) is 17.9. The van der Waals surface area contributed by atoms with E-state index < -0.39 is 0 Å². The van der Waals surface area contributed by atoms with Crippen molar-refractivity contribution in [2.75, 3.05) is 26.2 Å². The Morgan fingerprint density at radius 3 is 1.56 bits per heavy atom. The summed E-state index contributed by atoms with van der Waals surface area (Å²) in [5.41, 5.74) is 0. The summed E-state index contributed by atoms with van der Waals surface area (Å²) in [5, 5.41) is 16.4. The SMILES string of the molecule is CCCCCCNCC(O)CNCCCCCC. The molecule has 3 N–H and O–H groups in total. The molecule has 0 rings (SSSR count). The van der Waals surface area contributed by atoms with Crippen LogP contribution < -0.4 is 10.6 Å². The van der Waals surface area contributed by atoms with Crippen molar-refractivity contribution in [3.8, 4) is 0 Å². The van der Waals surface area contributed by atoms with E-state index in [0.29, 0.717) is 13.1 Å². The Hall–Kier alpha value is -0.120. The summed E-state index contributed by atoms with van der Waals surface area (Å²) in [5.74, 6) is 0. The lowest BCUT2D eigenvalue weighted by atomic mass is 10.2. The molecule has 0 bridgehead atoms. The van der Waals surface area contributed by atoms with Gasteiger partial charge in [-0.2, -0.15) is 0 Å². The Bertz CT molecular complexity index is 137. The normalized spacial score (nSPS) is 11.3. The van der Waals surface area contributed by atoms with Gasteiger partial charge in [-0.25, -0.2) is 0 Å². The lowest BCUT2D eigenvalue weighted by Crippen LogP contribution is -2.36. The summed E-state index contributed by atoms with van der Waals surface area (Å²) < 4.78 is 0. The summed E-state index contributed by atoms with van der Waals surface area (Å²) >= 11 is 0. The van der Waals surface area contributed by atoms with Crippen molar-refractivity contribution in [3.05, 3.63) is 0 Å². The minimum atomic E-state index is -0.248. The van der Waals surface area contributed by atoms with Gasteiger partial charge in [0.1, 0.15) is 0 Å². The van der Waals surface area contributed by atoms with Gasteiger partial charge < -0.3 is 15.7 Å². The fourth-order valence-corrected chi connectivity index (χ4v) is 1.96. The predicted octanol–water partition coefficient (Wildman–Crippen LogP) is 2.69. The van der Waals surface area contributed by atoms with Crippen molar-refractivity contribution in [2.24, 2.45) is 0 Å². The van der Waals surface area contributed by atoms with Crippen molar-refractivity contribution in [3.63, 3.8) is 0 Å². The second-order valence-corrected chi connectivity index (χ2v) is 5.18. The number of hydrogen-bond donors (Lipinski definition) is 3. The number of aliphatic hydroxyl groups excluding tert-OH is 1. The molecule has 0 aliphatic carbocycles. The highest BCUT2D eigenvalue weighted by Crippen LogP contribution is 1.97. The molecular weight excluding hydrogens is 224 g/mol. The van der Waals surface area contributed by atoms with E-state index in [0.717, 1.165) is 13.1 Å². The molecule has 110 valence electrons. The zero-order chi connectivity index (χ0) is 13.5. The average Bonchev–Trinajstić information content (AvgIpc) is 2.38. The van der Waals surface area contributed by atoms with Crippen molar-refractivity contribution in [1.82, 2.24) is 10.6 Å². The molecule has 18 heavy (non-hydrogen) atoms. The second-order valence-electron chi connectivity index (χ2n) is 5.18. The van der Waals surface area contributed by atoms with Crippen LogP contribution >= 0.6 is 0 Å². The summed E-state index contributed by atoms with van der Waals surface area (Å²) in [6.45, 7) is 7.95. The highest BCUT2D eigenvalue weighted by atomic mass is 16.3. The standard InChI is InChI=1S/C15H34N2O/c1-3-5-7-9-11-16-13-15(18)14-17-12-10-8-6-4-2/h15-18H,3-14H2,1-2H3. The first-order chi connectivity index (χ1) is 8.81. The molecule has 0 radical (unpaired) electrons. The van der Waals surface area contributed by atoms with Crippen LogP contribution in [-0.4, -0.2) is 37.4 Å². The van der Waals surface area contributed by atoms with Gasteiger partial charge >= 0.3 is 0 Å². The van der Waals surface area contributed by atoms with Crippen LogP contribution in [0.2, 0.25) is 0 Å². The monoisotopic (exact) mass is 258 g/mol. The number of nitrogens with one attached hydrogen (secondary N) is 2. The van der Waals surface area contributed by atoms with Gasteiger partial charge in [0.05, 0.1) is 6.10 Å². The van der Waals surface area contributed by atoms with Crippen LogP contribution in [0.3, 0.4) is 0 Å². The van der Waals surface area contributed by atoms with Crippen LogP contribution in [0.1, 0.15) is 65.2 Å². The summed E-state index contributed by atoms with van der Waals surface area (Å²) in [6, 6.07) is 0. The van der Waals surface area contributed by atoms with Crippen LogP contribution in [-0.2, 0) is 0 Å². The van der Waals surface area contributed by atoms with Gasteiger partial charge in [0.15, 0.2) is 0 Å². The Balaban J connectivity index is 3.10. The number of hydrogen-bond acceptors (Lipinski definition) is 3. The molecule has 0 aromatic heterocycles. The second kappa shape index (κ2) is 14.9. The summed E-state index contributed by atoms with van der Waals surface area (Å²) in [6.07, 6.45) is 10.0. The Kier molecular flexibility index (Phi) is 14.8. The quantitative estimate of drug-likeness (QED) is 0.420. The maximum atomic E-state index is 9.73. The van der Waals surface area contributed by atoms with E-state index in [2.05, 4.69) is 24.5 Å². The molecule has 0 atom stereocenters. The molecule has 0 amide bonds. The van der Waals surface area contributed by atoms with Crippen LogP contribution in [0.4, 0.5) is 0 Å². The largest absolute Gasteiger partial charge is 0.390 e. The van der Waals surface area contributed by atoms with E-state index in [-0.39, 0.29) is 6.10 Å². The molecule has 0 heterocycles. The van der Waals surface area contributed by atoms with E-state index in [1.54, 1.807) is 0 Å². The zero-order valence-electron chi connectivity index (χ0n) is 12.5. The van der Waals surface area contributed by atoms with E-state index >= 15 is 0 Å². The van der Waals surface area contributed by atoms with Crippen LogP contribution in [0.25, 0.3) is 0 Å². The molecule has 0 aliphatic rings. The van der Waals surface area contributed by atoms with Gasteiger partial charge in [-0.15, -0.1) is 0 Å². The third kappa shape index (κ3) is 13.9. The van der Waals surface area contributed by atoms with Crippen LogP contribution in [0.15, 0.2) is 0 Å². The summed E-state index contributed by atoms with van der Waals surface area (Å²) in [7, 11) is 0. The Morgan fingerprint density at radius 2 is 1.17 bits per heavy atom. The van der Waals surface area contributed by atoms with Gasteiger partial charge in [-0.05, 0) is 25.9 Å². The van der Waals surface area contributed by atoms with Gasteiger partial charge in [0.25, 0.3) is 0 Å². The molecule has 0 saturated heterocycles. The van der Waals surface area contributed by atoms with Gasteiger partial charge in [0, 0.05) is 13.1 Å². The number of aliphatic hydroxyl groups is 1. The van der Waals surface area contributed by atoms with Gasteiger partial charge in [-0.1, -0.05) is 52.4 Å². The molecule has 0 aliphatic heterocycles. The smallest absolute Gasteiger partial charge is 0.0788 e. The van der Waals surface area contributed by atoms with E-state index in [4.69, 9.17) is 0 Å². The van der Waals surface area contributed by atoms with Crippen LogP contribution in [0.5, 0.6) is 0 Å². The Morgan fingerprint density at radius 1 is 0.722 bits per heavy atom. The molecule has 0 aromatic rings. The minimum Gasteiger partial charge on any atom is -0.390 e. The lowest BCUT2D eigenvalue weighted by molar-refractivity contribution is 0.168. The number of rotatable bonds is 14. The molecule has 0 aromatic carbocycles. The molecule has 0 unspecified atom stereocenters. The Labute approximate surface area is 114 Å². The molecule has 3 nitrogen and oxygen atoms in total. The van der Waals surface area contributed by atoms with Crippen molar-refractivity contribution < 1.29 is 5.11 Å². The van der Waals surface area contributed by atoms with E-state index in [9.17, 15) is 5.11 Å². The number of unbranched alkanes of at least 4 members (excludes halogenated alkanes) is 6. The van der Waals surface area contributed by atoms with Crippen molar-refractivity contribution >= 4 is 0 Å². The fourth-order valence-electron chi connectivity index (χ4n) is 1.96. The fraction of sp³-hybridized carbons (Fsp3) is 1.00. The maximum Gasteiger partial charge on any atom is 0.0788 e. The first-order valence-electron chi connectivity index (χ1n) is 7.90. The molecule has 0 spiro atoms. The predicted molar refractivity (Wildman–Crippen MR) is 80.0 cm³/mol. The van der Waals surface area contributed by atoms with Crippen molar-refractivity contribution in [2.45, 2.75) is 71.3 Å². The maximum absolute atomic E-state index is 9.73. The zero-order valence-corrected chi connectivity index (χ0v) is 12.5. The van der Waals surface area contributed by atoms with Gasteiger partial charge in [0.2, 0.25) is 0 Å². The first-order valence-corrected chi connectivity index (χ1v) is 7.90. The van der Waals surface area contributed by atoms with Crippen molar-refractivity contribution in [1.29, 1.82) is 0 Å². The highest BCUT2D eigenvalue weighted by Gasteiger charge is 2.01.